The third kappa shape index (κ3) is 44.0. The molecule has 0 rings (SSSR count). The third-order valence-electron chi connectivity index (χ3n) is 11.7. The van der Waals surface area contributed by atoms with E-state index in [1.54, 1.807) is 0 Å². The van der Waals surface area contributed by atoms with E-state index in [1.807, 2.05) is 24.3 Å². The predicted octanol–water partition coefficient (Wildman–Crippen LogP) is 15.6. The number of allylic oxidation sites excluding steroid dienone is 10. The number of hydrogen-bond acceptors (Lipinski definition) is 5. The summed E-state index contributed by atoms with van der Waals surface area (Å²) in [5, 5.41) is 23.8. The van der Waals surface area contributed by atoms with E-state index in [2.05, 4.69) is 62.5 Å². The minimum Gasteiger partial charge on any atom is -0.462 e. The molecule has 0 aromatic rings. The van der Waals surface area contributed by atoms with Crippen LogP contribution in [0.15, 0.2) is 60.8 Å². The Hall–Kier alpha value is -2.44. The van der Waals surface area contributed by atoms with E-state index in [0.717, 1.165) is 83.5 Å². The van der Waals surface area contributed by atoms with Crippen molar-refractivity contribution in [1.29, 1.82) is 0 Å². The quantitative estimate of drug-likeness (QED) is 0.0322. The lowest BCUT2D eigenvalue weighted by molar-refractivity contribution is -0.151. The van der Waals surface area contributed by atoms with E-state index in [4.69, 9.17) is 4.74 Å². The molecule has 6 nitrogen and oxygen atoms in total. The van der Waals surface area contributed by atoms with E-state index in [1.165, 1.54) is 122 Å². The molecule has 0 aromatic carbocycles. The van der Waals surface area contributed by atoms with Crippen molar-refractivity contribution < 1.29 is 24.5 Å². The van der Waals surface area contributed by atoms with Crippen molar-refractivity contribution in [3.8, 4) is 0 Å². The topological polar surface area (TPSA) is 95.9 Å². The van der Waals surface area contributed by atoms with Crippen molar-refractivity contribution in [2.24, 2.45) is 0 Å². The van der Waals surface area contributed by atoms with Crippen LogP contribution in [0.1, 0.15) is 252 Å². The highest BCUT2D eigenvalue weighted by Crippen LogP contribution is 2.18. The fourth-order valence-corrected chi connectivity index (χ4v) is 7.76. The van der Waals surface area contributed by atoms with Crippen LogP contribution in [0.2, 0.25) is 0 Å². The molecule has 0 aromatic heterocycles. The average molecular weight is 854 g/mol. The second kappa shape index (κ2) is 48.6. The van der Waals surface area contributed by atoms with Gasteiger partial charge in [-0.2, -0.15) is 0 Å². The van der Waals surface area contributed by atoms with E-state index >= 15 is 0 Å². The highest BCUT2D eigenvalue weighted by Gasteiger charge is 2.24. The molecule has 61 heavy (non-hydrogen) atoms. The zero-order valence-corrected chi connectivity index (χ0v) is 40.3. The van der Waals surface area contributed by atoms with E-state index in [-0.39, 0.29) is 24.9 Å². The molecule has 0 fully saturated rings. The molecule has 0 bridgehead atoms. The lowest BCUT2D eigenvalue weighted by atomic mass is 10.0. The Labute approximate surface area is 378 Å². The first-order valence-electron chi connectivity index (χ1n) is 26.1. The van der Waals surface area contributed by atoms with Gasteiger partial charge in [0.15, 0.2) is 0 Å². The van der Waals surface area contributed by atoms with Crippen LogP contribution in [0.5, 0.6) is 0 Å². The van der Waals surface area contributed by atoms with E-state index in [9.17, 15) is 19.8 Å². The average Bonchev–Trinajstić information content (AvgIpc) is 3.25. The number of ether oxygens (including phenoxy) is 1. The molecule has 3 unspecified atom stereocenters. The molecule has 0 aliphatic rings. The molecule has 354 valence electrons. The first-order valence-corrected chi connectivity index (χ1v) is 26.1. The zero-order chi connectivity index (χ0) is 44.5. The summed E-state index contributed by atoms with van der Waals surface area (Å²) in [5.74, 6) is -0.500. The summed E-state index contributed by atoms with van der Waals surface area (Å²) in [5.41, 5.74) is 0. The first kappa shape index (κ1) is 58.6. The SMILES string of the molecule is CCC/C=C/C=C/C=C/C=C/C=C/CCCCCCCC(=O)OC(CCCCCCCCCCC)CC(=O)NC(CO)C(O)CCCCCCCCCCCCCCCCC. The van der Waals surface area contributed by atoms with Gasteiger partial charge in [-0.25, -0.2) is 0 Å². The zero-order valence-electron chi connectivity index (χ0n) is 40.3. The number of carbonyl (C=O) groups excluding carboxylic acids is 2. The number of aliphatic hydroxyl groups is 2. The van der Waals surface area contributed by atoms with Gasteiger partial charge in [-0.05, 0) is 44.9 Å². The molecule has 3 N–H and O–H groups in total. The fourth-order valence-electron chi connectivity index (χ4n) is 7.76. The van der Waals surface area contributed by atoms with Crippen LogP contribution in [-0.4, -0.2) is 46.9 Å². The van der Waals surface area contributed by atoms with Gasteiger partial charge in [0.2, 0.25) is 5.91 Å². The lowest BCUT2D eigenvalue weighted by Gasteiger charge is -2.24. The molecular formula is C55H99NO5. The van der Waals surface area contributed by atoms with Crippen molar-refractivity contribution >= 4 is 11.9 Å². The molecule has 0 heterocycles. The number of nitrogens with one attached hydrogen (secondary N) is 1. The normalized spacial score (nSPS) is 13.7. The smallest absolute Gasteiger partial charge is 0.306 e. The van der Waals surface area contributed by atoms with Crippen LogP contribution >= 0.6 is 0 Å². The maximum Gasteiger partial charge on any atom is 0.306 e. The van der Waals surface area contributed by atoms with Gasteiger partial charge in [-0.15, -0.1) is 0 Å². The summed E-state index contributed by atoms with van der Waals surface area (Å²) in [6, 6.07) is -0.706. The number of unbranched alkanes of at least 4 members (excludes halogenated alkanes) is 28. The molecule has 6 heteroatoms. The van der Waals surface area contributed by atoms with Crippen LogP contribution in [0, 0.1) is 0 Å². The molecule has 0 saturated carbocycles. The minimum absolute atomic E-state index is 0.0672. The van der Waals surface area contributed by atoms with Crippen LogP contribution in [0.25, 0.3) is 0 Å². The predicted molar refractivity (Wildman–Crippen MR) is 264 cm³/mol. The molecule has 3 atom stereocenters. The van der Waals surface area contributed by atoms with Gasteiger partial charge in [-0.1, -0.05) is 255 Å². The minimum atomic E-state index is -0.792. The van der Waals surface area contributed by atoms with Gasteiger partial charge in [0.05, 0.1) is 25.2 Å². The maximum atomic E-state index is 13.2. The summed E-state index contributed by atoms with van der Waals surface area (Å²) in [7, 11) is 0. The van der Waals surface area contributed by atoms with Crippen molar-refractivity contribution in [2.75, 3.05) is 6.61 Å². The van der Waals surface area contributed by atoms with Crippen molar-refractivity contribution in [1.82, 2.24) is 5.32 Å². The maximum absolute atomic E-state index is 13.2. The Morgan fingerprint density at radius 2 is 0.869 bits per heavy atom. The highest BCUT2D eigenvalue weighted by molar-refractivity contribution is 5.77. The number of esters is 1. The van der Waals surface area contributed by atoms with E-state index in [0.29, 0.717) is 19.3 Å². The van der Waals surface area contributed by atoms with Gasteiger partial charge in [-0.3, -0.25) is 9.59 Å². The molecule has 0 spiro atoms. The standard InChI is InChI=1S/C55H99NO5/c1-4-7-10-13-16-19-21-23-25-26-27-29-31-33-36-39-42-45-48-55(60)61-51(46-43-40-37-34-18-15-12-9-6-3)49-54(59)56-52(50-57)53(58)47-44-41-38-35-32-30-28-24-22-20-17-14-11-8-5-2/h10,13,16,19,21,23,25-27,29,51-53,57-58H,4-9,11-12,14-15,17-18,20,22,24,28,30-50H2,1-3H3,(H,56,59)/b13-10+,19-16+,23-21+,26-25+,29-27+. The second-order valence-corrected chi connectivity index (χ2v) is 17.7. The summed E-state index contributed by atoms with van der Waals surface area (Å²) in [6.45, 7) is 6.38. The number of aliphatic hydroxyl groups excluding tert-OH is 2. The van der Waals surface area contributed by atoms with Crippen molar-refractivity contribution in [3.63, 3.8) is 0 Å². The van der Waals surface area contributed by atoms with E-state index < -0.39 is 18.2 Å². The van der Waals surface area contributed by atoms with Crippen LogP contribution in [0.3, 0.4) is 0 Å². The van der Waals surface area contributed by atoms with Crippen molar-refractivity contribution in [2.45, 2.75) is 270 Å². The summed E-state index contributed by atoms with van der Waals surface area (Å²) >= 11 is 0. The number of hydrogen-bond donors (Lipinski definition) is 3. The molecule has 0 radical (unpaired) electrons. The fraction of sp³-hybridized carbons (Fsp3) is 0.782. The summed E-state index contributed by atoms with van der Waals surface area (Å²) in [4.78, 5) is 26.1. The van der Waals surface area contributed by atoms with Crippen LogP contribution in [-0.2, 0) is 14.3 Å². The van der Waals surface area contributed by atoms with Gasteiger partial charge in [0, 0.05) is 6.42 Å². The van der Waals surface area contributed by atoms with Crippen molar-refractivity contribution in [3.05, 3.63) is 60.8 Å². The third-order valence-corrected chi connectivity index (χ3v) is 11.7. The summed E-state index contributed by atoms with van der Waals surface area (Å²) < 4.78 is 5.91. The Bertz CT molecular complexity index is 1090. The Balaban J connectivity index is 4.50. The van der Waals surface area contributed by atoms with Gasteiger partial charge >= 0.3 is 5.97 Å². The number of amides is 1. The molecule has 0 saturated heterocycles. The van der Waals surface area contributed by atoms with Crippen LogP contribution < -0.4 is 5.32 Å². The highest BCUT2D eigenvalue weighted by atomic mass is 16.5. The molecule has 0 aliphatic carbocycles. The first-order chi connectivity index (χ1) is 30.0. The van der Waals surface area contributed by atoms with Gasteiger partial charge < -0.3 is 20.3 Å². The number of carbonyl (C=O) groups is 2. The Kier molecular flexibility index (Phi) is 46.6. The monoisotopic (exact) mass is 854 g/mol. The number of rotatable bonds is 46. The lowest BCUT2D eigenvalue weighted by Crippen LogP contribution is -2.46. The summed E-state index contributed by atoms with van der Waals surface area (Å²) in [6.07, 6.45) is 59.9. The van der Waals surface area contributed by atoms with Gasteiger partial charge in [0.25, 0.3) is 0 Å². The molecular weight excluding hydrogens is 755 g/mol. The molecule has 1 amide bonds. The van der Waals surface area contributed by atoms with Crippen LogP contribution in [0.4, 0.5) is 0 Å². The molecule has 0 aliphatic heterocycles. The Morgan fingerprint density at radius 1 is 0.475 bits per heavy atom. The second-order valence-electron chi connectivity index (χ2n) is 17.7. The van der Waals surface area contributed by atoms with Gasteiger partial charge in [0.1, 0.15) is 6.10 Å². The Morgan fingerprint density at radius 3 is 1.33 bits per heavy atom. The largest absolute Gasteiger partial charge is 0.462 e.